The van der Waals surface area contributed by atoms with Gasteiger partial charge < -0.3 is 4.90 Å². The van der Waals surface area contributed by atoms with Crippen LogP contribution >= 0.6 is 23.2 Å². The van der Waals surface area contributed by atoms with Crippen LogP contribution in [0.4, 0.5) is 0 Å². The van der Waals surface area contributed by atoms with E-state index in [1.54, 1.807) is 18.2 Å². The van der Waals surface area contributed by atoms with Gasteiger partial charge in [0.25, 0.3) is 0 Å². The third-order valence-corrected chi connectivity index (χ3v) is 4.40. The van der Waals surface area contributed by atoms with Crippen LogP contribution in [-0.4, -0.2) is 55.4 Å². The van der Waals surface area contributed by atoms with Gasteiger partial charge in [-0.25, -0.2) is 0 Å². The van der Waals surface area contributed by atoms with Crippen LogP contribution < -0.4 is 0 Å². The SMILES string of the molecule is CN(C)CC1CCCN1CC(=O)c1ccc(Cl)c(Cl)c1. The van der Waals surface area contributed by atoms with Crippen LogP contribution in [0.5, 0.6) is 0 Å². The molecule has 1 fully saturated rings. The molecule has 3 nitrogen and oxygen atoms in total. The molecule has 1 saturated heterocycles. The zero-order chi connectivity index (χ0) is 14.7. The summed E-state index contributed by atoms with van der Waals surface area (Å²) in [7, 11) is 4.13. The van der Waals surface area contributed by atoms with Gasteiger partial charge in [0.05, 0.1) is 16.6 Å². The molecule has 110 valence electrons. The number of halogens is 2. The molecule has 1 aliphatic heterocycles. The topological polar surface area (TPSA) is 23.6 Å². The molecule has 0 spiro atoms. The lowest BCUT2D eigenvalue weighted by Crippen LogP contribution is -2.40. The molecule has 1 aromatic rings. The van der Waals surface area contributed by atoms with Crippen LogP contribution in [0.25, 0.3) is 0 Å². The predicted molar refractivity (Wildman–Crippen MR) is 83.9 cm³/mol. The first-order valence-corrected chi connectivity index (χ1v) is 7.60. The second-order valence-electron chi connectivity index (χ2n) is 5.58. The summed E-state index contributed by atoms with van der Waals surface area (Å²) in [5.74, 6) is 0.106. The van der Waals surface area contributed by atoms with Gasteiger partial charge in [0.15, 0.2) is 5.78 Å². The summed E-state index contributed by atoms with van der Waals surface area (Å²) in [6.45, 7) is 2.44. The summed E-state index contributed by atoms with van der Waals surface area (Å²) in [6, 6.07) is 5.55. The lowest BCUT2D eigenvalue weighted by molar-refractivity contribution is 0.0910. The second kappa shape index (κ2) is 6.90. The monoisotopic (exact) mass is 314 g/mol. The molecule has 0 amide bonds. The molecule has 0 N–H and O–H groups in total. The number of likely N-dealkylation sites (tertiary alicyclic amines) is 1. The number of nitrogens with zero attached hydrogens (tertiary/aromatic N) is 2. The van der Waals surface area contributed by atoms with E-state index >= 15 is 0 Å². The van der Waals surface area contributed by atoms with Gasteiger partial charge in [-0.2, -0.15) is 0 Å². The molecule has 1 atom stereocenters. The Hall–Kier alpha value is -0.610. The Kier molecular flexibility index (Phi) is 5.44. The quantitative estimate of drug-likeness (QED) is 0.780. The van der Waals surface area contributed by atoms with Gasteiger partial charge in [-0.1, -0.05) is 23.2 Å². The Morgan fingerprint density at radius 2 is 2.10 bits per heavy atom. The summed E-state index contributed by atoms with van der Waals surface area (Å²) < 4.78 is 0. The highest BCUT2D eigenvalue weighted by atomic mass is 35.5. The number of carbonyl (C=O) groups excluding carboxylic acids is 1. The summed E-state index contributed by atoms with van der Waals surface area (Å²) in [5.41, 5.74) is 0.634. The van der Waals surface area contributed by atoms with E-state index in [4.69, 9.17) is 23.2 Å². The maximum Gasteiger partial charge on any atom is 0.176 e. The molecule has 0 bridgehead atoms. The van der Waals surface area contributed by atoms with E-state index in [9.17, 15) is 4.79 Å². The van der Waals surface area contributed by atoms with E-state index in [1.165, 1.54) is 0 Å². The van der Waals surface area contributed by atoms with Gasteiger partial charge in [0.1, 0.15) is 0 Å². The summed E-state index contributed by atoms with van der Waals surface area (Å²) in [5, 5.41) is 0.915. The van der Waals surface area contributed by atoms with Crippen molar-refractivity contribution in [2.75, 3.05) is 33.7 Å². The lowest BCUT2D eigenvalue weighted by atomic mass is 10.1. The fraction of sp³-hybridized carbons (Fsp3) is 0.533. The average Bonchev–Trinajstić information content (AvgIpc) is 2.79. The van der Waals surface area contributed by atoms with E-state index in [1.807, 2.05) is 0 Å². The van der Waals surface area contributed by atoms with Gasteiger partial charge >= 0.3 is 0 Å². The minimum Gasteiger partial charge on any atom is -0.308 e. The molecule has 2 rings (SSSR count). The van der Waals surface area contributed by atoms with Crippen molar-refractivity contribution in [2.24, 2.45) is 0 Å². The molecule has 1 aliphatic rings. The molecular formula is C15H20Cl2N2O. The van der Waals surface area contributed by atoms with Crippen LogP contribution in [0.15, 0.2) is 18.2 Å². The van der Waals surface area contributed by atoms with Crippen molar-refractivity contribution in [3.05, 3.63) is 33.8 Å². The highest BCUT2D eigenvalue weighted by Gasteiger charge is 2.26. The molecule has 0 saturated carbocycles. The highest BCUT2D eigenvalue weighted by Crippen LogP contribution is 2.24. The van der Waals surface area contributed by atoms with E-state index in [0.717, 1.165) is 25.9 Å². The van der Waals surface area contributed by atoms with Gasteiger partial charge in [-0.3, -0.25) is 9.69 Å². The maximum atomic E-state index is 12.3. The van der Waals surface area contributed by atoms with E-state index < -0.39 is 0 Å². The van der Waals surface area contributed by atoms with Gasteiger partial charge in [-0.15, -0.1) is 0 Å². The molecule has 20 heavy (non-hydrogen) atoms. The average molecular weight is 315 g/mol. The summed E-state index contributed by atoms with van der Waals surface area (Å²) in [4.78, 5) is 16.8. The Morgan fingerprint density at radius 1 is 1.35 bits per heavy atom. The highest BCUT2D eigenvalue weighted by molar-refractivity contribution is 6.42. The number of benzene rings is 1. The zero-order valence-corrected chi connectivity index (χ0v) is 13.4. The fourth-order valence-electron chi connectivity index (χ4n) is 2.68. The standard InChI is InChI=1S/C15H20Cl2N2O/c1-18(2)9-12-4-3-7-19(12)10-15(20)11-5-6-13(16)14(17)8-11/h5-6,8,12H,3-4,7,9-10H2,1-2H3. The third kappa shape index (κ3) is 3.95. The summed E-state index contributed by atoms with van der Waals surface area (Å²) in [6.07, 6.45) is 2.32. The normalized spacial score (nSPS) is 19.8. The van der Waals surface area contributed by atoms with Crippen molar-refractivity contribution in [1.29, 1.82) is 0 Å². The van der Waals surface area contributed by atoms with Crippen LogP contribution in [-0.2, 0) is 0 Å². The Morgan fingerprint density at radius 3 is 2.75 bits per heavy atom. The van der Waals surface area contributed by atoms with E-state index in [-0.39, 0.29) is 5.78 Å². The largest absolute Gasteiger partial charge is 0.308 e. The van der Waals surface area contributed by atoms with Crippen LogP contribution in [0.1, 0.15) is 23.2 Å². The molecule has 0 aliphatic carbocycles. The lowest BCUT2D eigenvalue weighted by Gasteiger charge is -2.26. The number of hydrogen-bond donors (Lipinski definition) is 0. The molecule has 1 heterocycles. The first-order valence-electron chi connectivity index (χ1n) is 6.84. The number of likely N-dealkylation sites (N-methyl/N-ethyl adjacent to an activating group) is 1. The Bertz CT molecular complexity index is 491. The maximum absolute atomic E-state index is 12.3. The van der Waals surface area contributed by atoms with Crippen LogP contribution in [0, 0.1) is 0 Å². The van der Waals surface area contributed by atoms with Crippen molar-refractivity contribution < 1.29 is 4.79 Å². The van der Waals surface area contributed by atoms with E-state index in [2.05, 4.69) is 23.9 Å². The van der Waals surface area contributed by atoms with Gasteiger partial charge in [0.2, 0.25) is 0 Å². The van der Waals surface area contributed by atoms with Crippen molar-refractivity contribution >= 4 is 29.0 Å². The van der Waals surface area contributed by atoms with E-state index in [0.29, 0.717) is 28.2 Å². The number of Topliss-reactive ketones (excluding diaryl/α,β-unsaturated/α-hetero) is 1. The Balaban J connectivity index is 2.01. The minimum atomic E-state index is 0.106. The number of carbonyl (C=O) groups is 1. The number of ketones is 1. The number of rotatable bonds is 5. The fourth-order valence-corrected chi connectivity index (χ4v) is 2.97. The van der Waals surface area contributed by atoms with Crippen molar-refractivity contribution in [3.8, 4) is 0 Å². The Labute approximate surface area is 130 Å². The van der Waals surface area contributed by atoms with Gasteiger partial charge in [-0.05, 0) is 51.7 Å². The molecule has 1 aromatic carbocycles. The zero-order valence-electron chi connectivity index (χ0n) is 11.9. The second-order valence-corrected chi connectivity index (χ2v) is 6.40. The molecular weight excluding hydrogens is 295 g/mol. The molecule has 0 aromatic heterocycles. The van der Waals surface area contributed by atoms with Gasteiger partial charge in [0, 0.05) is 18.2 Å². The van der Waals surface area contributed by atoms with Crippen LogP contribution in [0.3, 0.4) is 0 Å². The first kappa shape index (κ1) is 15.8. The smallest absolute Gasteiger partial charge is 0.176 e. The third-order valence-electron chi connectivity index (χ3n) is 3.66. The van der Waals surface area contributed by atoms with Crippen molar-refractivity contribution in [2.45, 2.75) is 18.9 Å². The minimum absolute atomic E-state index is 0.106. The van der Waals surface area contributed by atoms with Crippen molar-refractivity contribution in [3.63, 3.8) is 0 Å². The molecule has 0 radical (unpaired) electrons. The van der Waals surface area contributed by atoms with Crippen LogP contribution in [0.2, 0.25) is 10.0 Å². The number of hydrogen-bond acceptors (Lipinski definition) is 3. The van der Waals surface area contributed by atoms with Crippen molar-refractivity contribution in [1.82, 2.24) is 9.80 Å². The molecule has 5 heteroatoms. The molecule has 1 unspecified atom stereocenters. The summed E-state index contributed by atoms with van der Waals surface area (Å²) >= 11 is 11.8. The predicted octanol–water partition coefficient (Wildman–Crippen LogP) is 3.20. The first-order chi connectivity index (χ1) is 9.47.